The first-order valence-corrected chi connectivity index (χ1v) is 5.64. The molecular formula is C10H20N4O3. The lowest BCUT2D eigenvalue weighted by atomic mass is 10.3. The normalized spacial score (nSPS) is 17.5. The van der Waals surface area contributed by atoms with E-state index in [1.165, 1.54) is 6.92 Å². The van der Waals surface area contributed by atoms with Gasteiger partial charge < -0.3 is 20.3 Å². The molecule has 7 heteroatoms. The Morgan fingerprint density at radius 3 is 2.41 bits per heavy atom. The topological polar surface area (TPSA) is 73.9 Å². The van der Waals surface area contributed by atoms with Crippen molar-refractivity contribution in [2.24, 2.45) is 0 Å². The standard InChI is InChI=1S/C10H20N4O3/c1-9(15)11-7-12-10(16)17-8-14-5-3-13(2)4-6-14/h3-8H2,1-2H3,(H,11,15)(H,12,16). The number of hydrogen-bond acceptors (Lipinski definition) is 5. The Morgan fingerprint density at radius 2 is 1.82 bits per heavy atom. The Bertz CT molecular complexity index is 264. The van der Waals surface area contributed by atoms with E-state index in [1.807, 2.05) is 0 Å². The maximum atomic E-state index is 11.2. The first kappa shape index (κ1) is 13.7. The third-order valence-corrected chi connectivity index (χ3v) is 2.54. The monoisotopic (exact) mass is 244 g/mol. The molecule has 98 valence electrons. The maximum Gasteiger partial charge on any atom is 0.409 e. The van der Waals surface area contributed by atoms with Crippen LogP contribution in [0.15, 0.2) is 0 Å². The number of rotatable bonds is 4. The number of carbonyl (C=O) groups is 2. The number of ether oxygens (including phenoxy) is 1. The Hall–Kier alpha value is -1.34. The van der Waals surface area contributed by atoms with Gasteiger partial charge >= 0.3 is 6.09 Å². The summed E-state index contributed by atoms with van der Waals surface area (Å²) in [6, 6.07) is 0. The Balaban J connectivity index is 2.05. The summed E-state index contributed by atoms with van der Waals surface area (Å²) in [6.45, 7) is 5.53. The van der Waals surface area contributed by atoms with Gasteiger partial charge in [0.15, 0.2) is 0 Å². The van der Waals surface area contributed by atoms with Gasteiger partial charge in [-0.3, -0.25) is 9.69 Å². The number of likely N-dealkylation sites (N-methyl/N-ethyl adjacent to an activating group) is 1. The lowest BCUT2D eigenvalue weighted by molar-refractivity contribution is -0.119. The summed E-state index contributed by atoms with van der Waals surface area (Å²) in [7, 11) is 2.07. The number of hydrogen-bond donors (Lipinski definition) is 2. The van der Waals surface area contributed by atoms with Crippen molar-refractivity contribution in [3.8, 4) is 0 Å². The van der Waals surface area contributed by atoms with Gasteiger partial charge in [-0.1, -0.05) is 0 Å². The molecule has 1 aliphatic heterocycles. The van der Waals surface area contributed by atoms with Gasteiger partial charge in [0.1, 0.15) is 6.73 Å². The molecule has 1 fully saturated rings. The molecule has 0 unspecified atom stereocenters. The summed E-state index contributed by atoms with van der Waals surface area (Å²) in [4.78, 5) is 26.1. The second kappa shape index (κ2) is 7.08. The summed E-state index contributed by atoms with van der Waals surface area (Å²) in [6.07, 6.45) is -0.516. The van der Waals surface area contributed by atoms with Gasteiger partial charge in [-0.15, -0.1) is 0 Å². The average molecular weight is 244 g/mol. The molecule has 17 heavy (non-hydrogen) atoms. The van der Waals surface area contributed by atoms with Crippen LogP contribution in [0.1, 0.15) is 6.92 Å². The lowest BCUT2D eigenvalue weighted by Crippen LogP contribution is -2.46. The van der Waals surface area contributed by atoms with Crippen molar-refractivity contribution >= 4 is 12.0 Å². The van der Waals surface area contributed by atoms with E-state index in [2.05, 4.69) is 27.5 Å². The summed E-state index contributed by atoms with van der Waals surface area (Å²) >= 11 is 0. The van der Waals surface area contributed by atoms with Crippen molar-refractivity contribution in [1.82, 2.24) is 20.4 Å². The minimum Gasteiger partial charge on any atom is -0.433 e. The fourth-order valence-corrected chi connectivity index (χ4v) is 1.42. The first-order chi connectivity index (χ1) is 8.08. The number of piperazine rings is 1. The molecule has 0 aromatic carbocycles. The molecule has 0 aromatic heterocycles. The van der Waals surface area contributed by atoms with E-state index >= 15 is 0 Å². The second-order valence-corrected chi connectivity index (χ2v) is 4.07. The van der Waals surface area contributed by atoms with Gasteiger partial charge in [-0.05, 0) is 7.05 Å². The molecule has 1 saturated heterocycles. The molecule has 0 radical (unpaired) electrons. The molecule has 0 aliphatic carbocycles. The smallest absolute Gasteiger partial charge is 0.409 e. The van der Waals surface area contributed by atoms with E-state index in [0.29, 0.717) is 6.73 Å². The van der Waals surface area contributed by atoms with E-state index in [-0.39, 0.29) is 12.6 Å². The third-order valence-electron chi connectivity index (χ3n) is 2.54. The molecule has 2 N–H and O–H groups in total. The molecule has 0 spiro atoms. The minimum atomic E-state index is -0.516. The molecule has 0 aromatic rings. The van der Waals surface area contributed by atoms with E-state index in [0.717, 1.165) is 26.2 Å². The van der Waals surface area contributed by atoms with Crippen molar-refractivity contribution in [3.05, 3.63) is 0 Å². The van der Waals surface area contributed by atoms with Gasteiger partial charge in [0, 0.05) is 33.1 Å². The van der Waals surface area contributed by atoms with Gasteiger partial charge in [-0.25, -0.2) is 4.79 Å². The highest BCUT2D eigenvalue weighted by molar-refractivity contribution is 5.73. The molecule has 1 rings (SSSR count). The zero-order valence-corrected chi connectivity index (χ0v) is 10.4. The Labute approximate surface area is 101 Å². The van der Waals surface area contributed by atoms with E-state index in [1.54, 1.807) is 0 Å². The summed E-state index contributed by atoms with van der Waals surface area (Å²) < 4.78 is 5.00. The largest absolute Gasteiger partial charge is 0.433 e. The molecule has 1 aliphatic rings. The molecule has 0 bridgehead atoms. The molecule has 2 amide bonds. The van der Waals surface area contributed by atoms with E-state index in [9.17, 15) is 9.59 Å². The SMILES string of the molecule is CC(=O)NCNC(=O)OCN1CCN(C)CC1. The summed E-state index contributed by atoms with van der Waals surface area (Å²) in [5, 5.41) is 4.88. The van der Waals surface area contributed by atoms with Gasteiger partial charge in [0.2, 0.25) is 5.91 Å². The van der Waals surface area contributed by atoms with Crippen molar-refractivity contribution in [1.29, 1.82) is 0 Å². The highest BCUT2D eigenvalue weighted by Gasteiger charge is 2.14. The van der Waals surface area contributed by atoms with Crippen LogP contribution in [0.3, 0.4) is 0 Å². The van der Waals surface area contributed by atoms with E-state index in [4.69, 9.17) is 4.74 Å². The fraction of sp³-hybridized carbons (Fsp3) is 0.800. The van der Waals surface area contributed by atoms with Crippen LogP contribution in [0, 0.1) is 0 Å². The molecular weight excluding hydrogens is 224 g/mol. The Kier molecular flexibility index (Phi) is 5.71. The molecule has 7 nitrogen and oxygen atoms in total. The molecule has 0 saturated carbocycles. The number of amides is 2. The number of alkyl carbamates (subject to hydrolysis) is 1. The van der Waals surface area contributed by atoms with Crippen molar-refractivity contribution in [2.75, 3.05) is 46.6 Å². The van der Waals surface area contributed by atoms with Crippen LogP contribution >= 0.6 is 0 Å². The van der Waals surface area contributed by atoms with Crippen LogP contribution in [-0.2, 0) is 9.53 Å². The quantitative estimate of drug-likeness (QED) is 0.621. The minimum absolute atomic E-state index is 0.0942. The molecule has 1 heterocycles. The second-order valence-electron chi connectivity index (χ2n) is 4.07. The van der Waals surface area contributed by atoms with Crippen molar-refractivity contribution in [2.45, 2.75) is 6.92 Å². The van der Waals surface area contributed by atoms with Crippen LogP contribution in [-0.4, -0.2) is 68.4 Å². The number of nitrogens with one attached hydrogen (secondary N) is 2. The highest BCUT2D eigenvalue weighted by atomic mass is 16.6. The van der Waals surface area contributed by atoms with E-state index < -0.39 is 6.09 Å². The Morgan fingerprint density at radius 1 is 1.18 bits per heavy atom. The van der Waals surface area contributed by atoms with Gasteiger partial charge in [-0.2, -0.15) is 0 Å². The number of carbonyl (C=O) groups excluding carboxylic acids is 2. The predicted molar refractivity (Wildman–Crippen MR) is 62.2 cm³/mol. The van der Waals surface area contributed by atoms with Gasteiger partial charge in [0.25, 0.3) is 0 Å². The summed E-state index contributed by atoms with van der Waals surface area (Å²) in [5.74, 6) is -0.190. The number of nitrogens with zero attached hydrogens (tertiary/aromatic N) is 2. The van der Waals surface area contributed by atoms with Crippen LogP contribution < -0.4 is 10.6 Å². The summed E-state index contributed by atoms with van der Waals surface area (Å²) in [5.41, 5.74) is 0. The van der Waals surface area contributed by atoms with Crippen molar-refractivity contribution in [3.63, 3.8) is 0 Å². The zero-order chi connectivity index (χ0) is 12.7. The van der Waals surface area contributed by atoms with Crippen molar-refractivity contribution < 1.29 is 14.3 Å². The van der Waals surface area contributed by atoms with Gasteiger partial charge in [0.05, 0.1) is 6.67 Å². The molecule has 0 atom stereocenters. The third kappa shape index (κ3) is 6.08. The van der Waals surface area contributed by atoms with Crippen LogP contribution in [0.25, 0.3) is 0 Å². The predicted octanol–water partition coefficient (Wildman–Crippen LogP) is -0.989. The van der Waals surface area contributed by atoms with Crippen LogP contribution in [0.4, 0.5) is 4.79 Å². The van der Waals surface area contributed by atoms with Crippen LogP contribution in [0.2, 0.25) is 0 Å². The lowest BCUT2D eigenvalue weighted by Gasteiger charge is -2.31. The fourth-order valence-electron chi connectivity index (χ4n) is 1.42. The van der Waals surface area contributed by atoms with Crippen LogP contribution in [0.5, 0.6) is 0 Å². The highest BCUT2D eigenvalue weighted by Crippen LogP contribution is 1.98. The zero-order valence-electron chi connectivity index (χ0n) is 10.4. The first-order valence-electron chi connectivity index (χ1n) is 5.64. The average Bonchev–Trinajstić information content (AvgIpc) is 2.28. The maximum absolute atomic E-state index is 11.2.